The molecule has 0 spiro atoms. The van der Waals surface area contributed by atoms with E-state index in [0.717, 1.165) is 38.5 Å². The second kappa shape index (κ2) is 25.2. The number of rotatable bonds is 26. The maximum atomic E-state index is 11.8. The van der Waals surface area contributed by atoms with E-state index < -0.39 is 18.0 Å². The van der Waals surface area contributed by atoms with Crippen molar-refractivity contribution < 1.29 is 24.6 Å². The molecule has 4 N–H and O–H groups in total. The van der Waals surface area contributed by atoms with E-state index in [9.17, 15) is 14.4 Å². The summed E-state index contributed by atoms with van der Waals surface area (Å²) in [5, 5.41) is 20.5. The van der Waals surface area contributed by atoms with Gasteiger partial charge in [0.15, 0.2) is 0 Å². The Bertz CT molecular complexity index is 519. The van der Waals surface area contributed by atoms with Gasteiger partial charge in [-0.2, -0.15) is 0 Å². The largest absolute Gasteiger partial charge is 0.481 e. The number of carboxylic acid groups (broad SMARTS) is 2. The normalized spacial score (nSPS) is 11.9. The average molecular weight is 597 g/mol. The van der Waals surface area contributed by atoms with Crippen LogP contribution in [0.1, 0.15) is 135 Å². The molecular weight excluding hydrogens is 547 g/mol. The topological polar surface area (TPSA) is 116 Å². The molecule has 8 heteroatoms. The predicted molar refractivity (Wildman–Crippen MR) is 146 cm³/mol. The Kier molecular flexibility index (Phi) is 24.5. The van der Waals surface area contributed by atoms with Crippen LogP contribution in [0, 0.1) is 0 Å². The number of amides is 1. The van der Waals surface area contributed by atoms with Gasteiger partial charge in [0.2, 0.25) is 5.91 Å². The lowest BCUT2D eigenvalue weighted by Crippen LogP contribution is -2.30. The first-order valence-electron chi connectivity index (χ1n) is 13.5. The molecule has 0 aliphatic carbocycles. The minimum Gasteiger partial charge on any atom is -0.481 e. The summed E-state index contributed by atoms with van der Waals surface area (Å²) in [4.78, 5) is 33.2. The van der Waals surface area contributed by atoms with Crippen LogP contribution in [0.3, 0.4) is 0 Å². The number of unbranched alkanes of at least 4 members (excludes halogenated alkanes) is 16. The van der Waals surface area contributed by atoms with Crippen molar-refractivity contribution in [3.05, 3.63) is 0 Å². The van der Waals surface area contributed by atoms with E-state index in [4.69, 9.17) is 10.2 Å². The van der Waals surface area contributed by atoms with Crippen LogP contribution in [-0.2, 0) is 14.4 Å². The highest BCUT2D eigenvalue weighted by Crippen LogP contribution is 2.14. The number of halogens is 1. The third kappa shape index (κ3) is 24.2. The number of aliphatic carboxylic acids is 2. The lowest BCUT2D eigenvalue weighted by molar-refractivity contribution is -0.139. The summed E-state index contributed by atoms with van der Waals surface area (Å²) >= 11 is 1.87. The number of carbonyl (C=O) groups is 3. The Morgan fingerprint density at radius 2 is 1.00 bits per heavy atom. The molecule has 0 aromatic heterocycles. The minimum atomic E-state index is -0.829. The van der Waals surface area contributed by atoms with Gasteiger partial charge in [0.1, 0.15) is 6.04 Å². The molecule has 0 saturated heterocycles. The van der Waals surface area contributed by atoms with Crippen molar-refractivity contribution in [1.29, 1.82) is 0 Å². The Hall–Kier alpha value is -0.900. The molecule has 0 rings (SSSR count). The maximum Gasteiger partial charge on any atom is 0.321 e. The Morgan fingerprint density at radius 3 is 1.38 bits per heavy atom. The van der Waals surface area contributed by atoms with Crippen molar-refractivity contribution in [1.82, 2.24) is 8.85 Å². The summed E-state index contributed by atoms with van der Waals surface area (Å²) in [6, 6.07) is -0.513. The van der Waals surface area contributed by atoms with Crippen molar-refractivity contribution in [3.63, 3.8) is 0 Å². The van der Waals surface area contributed by atoms with Crippen molar-refractivity contribution in [2.24, 2.45) is 0 Å². The summed E-state index contributed by atoms with van der Waals surface area (Å²) in [5.74, 6) is -1.40. The number of hydrogen-bond acceptors (Lipinski definition) is 4. The van der Waals surface area contributed by atoms with Crippen LogP contribution in [0.15, 0.2) is 0 Å². The molecule has 1 atom stereocenters. The van der Waals surface area contributed by atoms with E-state index in [-0.39, 0.29) is 5.91 Å². The SMILES string of the molecule is O=C(O)CCCCCCCCCCCCCCCCCCC(=O)NCCCC[C@H](NI)C(=O)O. The molecular formula is C26H49IN2O5. The molecule has 0 fully saturated rings. The van der Waals surface area contributed by atoms with Crippen LogP contribution < -0.4 is 8.85 Å². The molecule has 34 heavy (non-hydrogen) atoms. The van der Waals surface area contributed by atoms with Gasteiger partial charge in [-0.25, -0.2) is 3.53 Å². The van der Waals surface area contributed by atoms with E-state index >= 15 is 0 Å². The average Bonchev–Trinajstić information content (AvgIpc) is 2.80. The fraction of sp³-hybridized carbons (Fsp3) is 0.885. The van der Waals surface area contributed by atoms with Gasteiger partial charge in [-0.15, -0.1) is 0 Å². The lowest BCUT2D eigenvalue weighted by atomic mass is 10.0. The standard InChI is InChI=1S/C26H49IN2O5/c27-29-23(26(33)34)19-17-18-22-28-24(30)20-15-13-11-9-7-5-3-1-2-4-6-8-10-12-14-16-21-25(31)32/h23,29H,1-22H2,(H,28,30)(H,31,32)(H,33,34)/t23-/m0/s1. The molecule has 0 aliphatic heterocycles. The van der Waals surface area contributed by atoms with E-state index in [1.165, 1.54) is 77.0 Å². The quantitative estimate of drug-likeness (QED) is 0.0498. The zero-order valence-corrected chi connectivity index (χ0v) is 23.3. The van der Waals surface area contributed by atoms with E-state index in [2.05, 4.69) is 8.85 Å². The van der Waals surface area contributed by atoms with Crippen LogP contribution >= 0.6 is 22.9 Å². The predicted octanol–water partition coefficient (Wildman–Crippen LogP) is 6.77. The maximum absolute atomic E-state index is 11.8. The third-order valence-corrected chi connectivity index (χ3v) is 6.97. The van der Waals surface area contributed by atoms with Gasteiger partial charge in [-0.1, -0.05) is 89.9 Å². The first kappa shape index (κ1) is 33.1. The first-order chi connectivity index (χ1) is 16.5. The van der Waals surface area contributed by atoms with Gasteiger partial charge < -0.3 is 15.5 Å². The molecule has 200 valence electrons. The fourth-order valence-corrected chi connectivity index (χ4v) is 4.63. The molecule has 0 bridgehead atoms. The Labute approximate surface area is 221 Å². The van der Waals surface area contributed by atoms with Gasteiger partial charge in [0.05, 0.1) is 0 Å². The summed E-state index contributed by atoms with van der Waals surface area (Å²) in [5.41, 5.74) is 0. The Balaban J connectivity index is 3.24. The number of nitrogens with one attached hydrogen (secondary N) is 2. The van der Waals surface area contributed by atoms with Crippen molar-refractivity contribution in [2.75, 3.05) is 6.54 Å². The molecule has 0 heterocycles. The second-order valence-corrected chi connectivity index (χ2v) is 10.0. The molecule has 0 saturated carbocycles. The van der Waals surface area contributed by atoms with Crippen LogP contribution in [-0.4, -0.2) is 40.6 Å². The molecule has 0 aromatic carbocycles. The monoisotopic (exact) mass is 596 g/mol. The molecule has 7 nitrogen and oxygen atoms in total. The minimum absolute atomic E-state index is 0.111. The van der Waals surface area contributed by atoms with E-state index in [0.29, 0.717) is 25.8 Å². The van der Waals surface area contributed by atoms with Gasteiger partial charge in [-0.3, -0.25) is 14.4 Å². The second-order valence-electron chi connectivity index (χ2n) is 9.40. The number of carboxylic acids is 2. The third-order valence-electron chi connectivity index (χ3n) is 6.22. The van der Waals surface area contributed by atoms with Crippen molar-refractivity contribution in [2.45, 2.75) is 141 Å². The summed E-state index contributed by atoms with van der Waals surface area (Å²) in [7, 11) is 0. The molecule has 1 amide bonds. The summed E-state index contributed by atoms with van der Waals surface area (Å²) < 4.78 is 2.75. The highest BCUT2D eigenvalue weighted by Gasteiger charge is 2.14. The molecule has 0 unspecified atom stereocenters. The highest BCUT2D eigenvalue weighted by molar-refractivity contribution is 14.1. The zero-order chi connectivity index (χ0) is 25.3. The van der Waals surface area contributed by atoms with Crippen LogP contribution in [0.2, 0.25) is 0 Å². The van der Waals surface area contributed by atoms with Crippen LogP contribution in [0.25, 0.3) is 0 Å². The van der Waals surface area contributed by atoms with Crippen LogP contribution in [0.5, 0.6) is 0 Å². The van der Waals surface area contributed by atoms with Gasteiger partial charge in [-0.05, 0) is 32.1 Å². The van der Waals surface area contributed by atoms with Crippen molar-refractivity contribution >= 4 is 40.7 Å². The van der Waals surface area contributed by atoms with Crippen molar-refractivity contribution in [3.8, 4) is 0 Å². The van der Waals surface area contributed by atoms with Gasteiger partial charge in [0, 0.05) is 42.3 Å². The number of hydrogen-bond donors (Lipinski definition) is 4. The fourth-order valence-electron chi connectivity index (χ4n) is 4.05. The molecule has 0 aromatic rings. The van der Waals surface area contributed by atoms with E-state index in [1.54, 1.807) is 0 Å². The zero-order valence-electron chi connectivity index (χ0n) is 21.1. The summed E-state index contributed by atoms with van der Waals surface area (Å²) in [6.07, 6.45) is 22.5. The smallest absolute Gasteiger partial charge is 0.321 e. The first-order valence-corrected chi connectivity index (χ1v) is 14.6. The molecule has 0 aliphatic rings. The Morgan fingerprint density at radius 1 is 0.588 bits per heavy atom. The van der Waals surface area contributed by atoms with E-state index in [1.807, 2.05) is 22.9 Å². The number of carbonyl (C=O) groups excluding carboxylic acids is 1. The molecule has 0 radical (unpaired) electrons. The lowest BCUT2D eigenvalue weighted by Gasteiger charge is -2.09. The van der Waals surface area contributed by atoms with Gasteiger partial charge >= 0.3 is 11.9 Å². The summed E-state index contributed by atoms with van der Waals surface area (Å²) in [6.45, 7) is 0.626. The van der Waals surface area contributed by atoms with Gasteiger partial charge in [0.25, 0.3) is 0 Å². The highest BCUT2D eigenvalue weighted by atomic mass is 127. The van der Waals surface area contributed by atoms with Crippen LogP contribution in [0.4, 0.5) is 0 Å².